The van der Waals surface area contributed by atoms with E-state index in [4.69, 9.17) is 14.2 Å². The quantitative estimate of drug-likeness (QED) is 0.806. The Balaban J connectivity index is 1.84. The van der Waals surface area contributed by atoms with Crippen molar-refractivity contribution < 1.29 is 19.0 Å². The zero-order valence-electron chi connectivity index (χ0n) is 16.8. The highest BCUT2D eigenvalue weighted by Gasteiger charge is 2.32. The monoisotopic (exact) mass is 373 g/mol. The predicted molar refractivity (Wildman–Crippen MR) is 101 cm³/mol. The summed E-state index contributed by atoms with van der Waals surface area (Å²) in [5.74, 6) is 1.21. The molecular weight excluding hydrogens is 346 g/mol. The molecule has 2 atom stereocenters. The Labute approximate surface area is 159 Å². The summed E-state index contributed by atoms with van der Waals surface area (Å²) < 4.78 is 18.3. The maximum atomic E-state index is 13.1. The Bertz CT molecular complexity index is 846. The molecule has 27 heavy (non-hydrogen) atoms. The molecule has 1 aliphatic heterocycles. The van der Waals surface area contributed by atoms with Gasteiger partial charge >= 0.3 is 0 Å². The number of ether oxygens (including phenoxy) is 3. The van der Waals surface area contributed by atoms with Crippen molar-refractivity contribution in [3.05, 3.63) is 40.7 Å². The van der Waals surface area contributed by atoms with Crippen LogP contribution in [0, 0.1) is 0 Å². The molecule has 0 saturated carbocycles. The molecule has 3 rings (SSSR count). The fourth-order valence-electron chi connectivity index (χ4n) is 3.72. The Hall–Kier alpha value is -2.54. The standard InChI is InChI=1S/C20H27N3O4/c1-12-9-15-18(21-23(4)19(15)13(2)27-12)20(24)22(3)11-14-7-8-16(25-5)17(10-14)26-6/h7-8,10,12-13H,9,11H2,1-6H3/t12-,13+/m0/s1. The third-order valence-electron chi connectivity index (χ3n) is 4.92. The summed E-state index contributed by atoms with van der Waals surface area (Å²) in [6.45, 7) is 4.47. The van der Waals surface area contributed by atoms with E-state index in [0.717, 1.165) is 16.8 Å². The van der Waals surface area contributed by atoms with Gasteiger partial charge in [-0.1, -0.05) is 6.07 Å². The SMILES string of the molecule is COc1ccc(CN(C)C(=O)c2nn(C)c3c2C[C@H](C)O[C@@H]3C)cc1OC. The molecule has 7 heteroatoms. The van der Waals surface area contributed by atoms with Gasteiger partial charge in [-0.2, -0.15) is 5.10 Å². The number of fused-ring (bicyclic) bond motifs is 1. The van der Waals surface area contributed by atoms with Crippen LogP contribution in [0.15, 0.2) is 18.2 Å². The Kier molecular flexibility index (Phi) is 5.41. The number of methoxy groups -OCH3 is 2. The molecule has 2 heterocycles. The van der Waals surface area contributed by atoms with Crippen molar-refractivity contribution >= 4 is 5.91 Å². The first-order valence-corrected chi connectivity index (χ1v) is 9.03. The van der Waals surface area contributed by atoms with Crippen LogP contribution < -0.4 is 9.47 Å². The van der Waals surface area contributed by atoms with E-state index in [2.05, 4.69) is 5.10 Å². The minimum absolute atomic E-state index is 0.0689. The maximum absolute atomic E-state index is 13.1. The van der Waals surface area contributed by atoms with Gasteiger partial charge in [-0.15, -0.1) is 0 Å². The molecule has 0 bridgehead atoms. The summed E-state index contributed by atoms with van der Waals surface area (Å²) in [6.07, 6.45) is 0.692. The van der Waals surface area contributed by atoms with Gasteiger partial charge in [0.25, 0.3) is 5.91 Å². The molecule has 0 saturated heterocycles. The molecule has 1 aliphatic rings. The fourth-order valence-corrected chi connectivity index (χ4v) is 3.72. The van der Waals surface area contributed by atoms with Crippen molar-refractivity contribution in [2.24, 2.45) is 7.05 Å². The van der Waals surface area contributed by atoms with Gasteiger partial charge in [0.2, 0.25) is 0 Å². The summed E-state index contributed by atoms with van der Waals surface area (Å²) in [5, 5.41) is 4.50. The van der Waals surface area contributed by atoms with E-state index in [9.17, 15) is 4.79 Å². The molecule has 1 amide bonds. The second kappa shape index (κ2) is 7.60. The molecule has 7 nitrogen and oxygen atoms in total. The van der Waals surface area contributed by atoms with Gasteiger partial charge in [-0.3, -0.25) is 9.48 Å². The topological polar surface area (TPSA) is 65.8 Å². The smallest absolute Gasteiger partial charge is 0.274 e. The first-order valence-electron chi connectivity index (χ1n) is 9.03. The number of benzene rings is 1. The van der Waals surface area contributed by atoms with E-state index >= 15 is 0 Å². The van der Waals surface area contributed by atoms with Crippen molar-refractivity contribution in [2.45, 2.75) is 39.0 Å². The molecular formula is C20H27N3O4. The summed E-state index contributed by atoms with van der Waals surface area (Å²) in [7, 11) is 6.84. The van der Waals surface area contributed by atoms with Gasteiger partial charge in [0, 0.05) is 32.6 Å². The molecule has 1 aromatic carbocycles. The van der Waals surface area contributed by atoms with E-state index in [-0.39, 0.29) is 18.1 Å². The number of carbonyl (C=O) groups excluding carboxylic acids is 1. The van der Waals surface area contributed by atoms with Crippen LogP contribution in [0.25, 0.3) is 0 Å². The molecule has 2 aromatic rings. The van der Waals surface area contributed by atoms with Gasteiger partial charge in [-0.25, -0.2) is 0 Å². The van der Waals surface area contributed by atoms with Crippen LogP contribution in [0.4, 0.5) is 0 Å². The van der Waals surface area contributed by atoms with Crippen LogP contribution in [0.1, 0.15) is 47.3 Å². The number of hydrogen-bond acceptors (Lipinski definition) is 5. The number of hydrogen-bond donors (Lipinski definition) is 0. The van der Waals surface area contributed by atoms with Gasteiger partial charge < -0.3 is 19.1 Å². The first kappa shape index (κ1) is 19.2. The molecule has 146 valence electrons. The highest BCUT2D eigenvalue weighted by Crippen LogP contribution is 2.32. The summed E-state index contributed by atoms with van der Waals surface area (Å²) in [5.41, 5.74) is 3.44. The van der Waals surface area contributed by atoms with Crippen molar-refractivity contribution in [3.8, 4) is 11.5 Å². The molecule has 0 radical (unpaired) electrons. The number of amides is 1. The van der Waals surface area contributed by atoms with Crippen molar-refractivity contribution in [3.63, 3.8) is 0 Å². The minimum Gasteiger partial charge on any atom is -0.493 e. The van der Waals surface area contributed by atoms with E-state index in [1.54, 1.807) is 30.8 Å². The Morgan fingerprint density at radius 3 is 2.67 bits per heavy atom. The second-order valence-electron chi connectivity index (χ2n) is 6.98. The fraction of sp³-hybridized carbons (Fsp3) is 0.500. The predicted octanol–water partition coefficient (Wildman–Crippen LogP) is 2.73. The minimum atomic E-state index is -0.0945. The highest BCUT2D eigenvalue weighted by molar-refractivity contribution is 5.94. The van der Waals surface area contributed by atoms with Gasteiger partial charge in [0.05, 0.1) is 32.1 Å². The first-order chi connectivity index (χ1) is 12.8. The second-order valence-corrected chi connectivity index (χ2v) is 6.98. The van der Waals surface area contributed by atoms with Crippen LogP contribution in [0.2, 0.25) is 0 Å². The van der Waals surface area contributed by atoms with Crippen LogP contribution in [0.3, 0.4) is 0 Å². The van der Waals surface area contributed by atoms with E-state index in [1.807, 2.05) is 39.1 Å². The maximum Gasteiger partial charge on any atom is 0.274 e. The lowest BCUT2D eigenvalue weighted by molar-refractivity contribution is -0.00906. The van der Waals surface area contributed by atoms with Crippen molar-refractivity contribution in [1.29, 1.82) is 0 Å². The summed E-state index contributed by atoms with van der Waals surface area (Å²) in [6, 6.07) is 5.65. The van der Waals surface area contributed by atoms with Gasteiger partial charge in [0.15, 0.2) is 17.2 Å². The van der Waals surface area contributed by atoms with E-state index < -0.39 is 0 Å². The zero-order valence-corrected chi connectivity index (χ0v) is 16.8. The summed E-state index contributed by atoms with van der Waals surface area (Å²) >= 11 is 0. The van der Waals surface area contributed by atoms with Crippen LogP contribution >= 0.6 is 0 Å². The molecule has 0 N–H and O–H groups in total. The largest absolute Gasteiger partial charge is 0.493 e. The van der Waals surface area contributed by atoms with Gasteiger partial charge in [-0.05, 0) is 31.5 Å². The van der Waals surface area contributed by atoms with Crippen molar-refractivity contribution in [1.82, 2.24) is 14.7 Å². The molecule has 1 aromatic heterocycles. The number of aryl methyl sites for hydroxylation is 1. The van der Waals surface area contributed by atoms with Crippen molar-refractivity contribution in [2.75, 3.05) is 21.3 Å². The number of carbonyl (C=O) groups is 1. The molecule has 0 unspecified atom stereocenters. The average Bonchev–Trinajstić information content (AvgIpc) is 2.97. The zero-order chi connectivity index (χ0) is 19.7. The van der Waals surface area contributed by atoms with Crippen LogP contribution in [-0.4, -0.2) is 48.0 Å². The number of aromatic nitrogens is 2. The average molecular weight is 373 g/mol. The lowest BCUT2D eigenvalue weighted by Crippen LogP contribution is -2.29. The third kappa shape index (κ3) is 3.64. The van der Waals surface area contributed by atoms with E-state index in [1.165, 1.54) is 0 Å². The third-order valence-corrected chi connectivity index (χ3v) is 4.92. The lowest BCUT2D eigenvalue weighted by Gasteiger charge is -2.26. The van der Waals surface area contributed by atoms with E-state index in [0.29, 0.717) is 30.2 Å². The highest BCUT2D eigenvalue weighted by atomic mass is 16.5. The molecule has 0 fully saturated rings. The number of rotatable bonds is 5. The molecule has 0 spiro atoms. The normalized spacial score (nSPS) is 18.7. The van der Waals surface area contributed by atoms with Crippen LogP contribution in [0.5, 0.6) is 11.5 Å². The summed E-state index contributed by atoms with van der Waals surface area (Å²) in [4.78, 5) is 14.8. The molecule has 0 aliphatic carbocycles. The Morgan fingerprint density at radius 2 is 2.00 bits per heavy atom. The van der Waals surface area contributed by atoms with Gasteiger partial charge in [0.1, 0.15) is 0 Å². The Morgan fingerprint density at radius 1 is 1.30 bits per heavy atom. The number of nitrogens with zero attached hydrogens (tertiary/aromatic N) is 3. The lowest BCUT2D eigenvalue weighted by atomic mass is 9.99. The van der Waals surface area contributed by atoms with Crippen LogP contribution in [-0.2, 0) is 24.8 Å².